The first kappa shape index (κ1) is 13.0. The number of nitrogens with two attached hydrogens (primary N) is 1. The Morgan fingerprint density at radius 3 is 2.62 bits per heavy atom. The number of para-hydroxylation sites is 1. The molecule has 1 aromatic heterocycles. The molecule has 0 spiro atoms. The van der Waals surface area contributed by atoms with Crippen LogP contribution in [0.15, 0.2) is 47.0 Å². The molecule has 2 aromatic carbocycles. The Kier molecular flexibility index (Phi) is 3.19. The van der Waals surface area contributed by atoms with Gasteiger partial charge in [-0.3, -0.25) is 0 Å². The van der Waals surface area contributed by atoms with Crippen LogP contribution in [-0.4, -0.2) is 22.4 Å². The Hall–Kier alpha value is -3.02. The Bertz CT molecular complexity index is 766. The standard InChI is InChI=1S/C15H13N3O3/c1-20-10-7-5-9(6-8-10)14-17-15(21-18-14)11-3-2-4-12(16)13(11)19/h2-8,19H,16H2,1H3. The van der Waals surface area contributed by atoms with Crippen LogP contribution in [0.4, 0.5) is 5.69 Å². The summed E-state index contributed by atoms with van der Waals surface area (Å²) in [6.45, 7) is 0. The molecule has 0 amide bonds. The highest BCUT2D eigenvalue weighted by molar-refractivity contribution is 5.72. The fraction of sp³-hybridized carbons (Fsp3) is 0.0667. The van der Waals surface area contributed by atoms with Crippen LogP contribution in [-0.2, 0) is 0 Å². The van der Waals surface area contributed by atoms with Gasteiger partial charge in [-0.25, -0.2) is 0 Å². The Morgan fingerprint density at radius 1 is 1.14 bits per heavy atom. The predicted octanol–water partition coefficient (Wildman–Crippen LogP) is 2.70. The van der Waals surface area contributed by atoms with Crippen LogP contribution in [0.3, 0.4) is 0 Å². The van der Waals surface area contributed by atoms with E-state index < -0.39 is 0 Å². The van der Waals surface area contributed by atoms with E-state index in [0.29, 0.717) is 11.4 Å². The third-order valence-corrected chi connectivity index (χ3v) is 3.07. The number of rotatable bonds is 3. The van der Waals surface area contributed by atoms with Crippen molar-refractivity contribution in [3.63, 3.8) is 0 Å². The van der Waals surface area contributed by atoms with Crippen molar-refractivity contribution < 1.29 is 14.4 Å². The molecule has 3 rings (SSSR count). The quantitative estimate of drug-likeness (QED) is 0.567. The summed E-state index contributed by atoms with van der Waals surface area (Å²) in [6, 6.07) is 12.2. The molecule has 6 nitrogen and oxygen atoms in total. The predicted molar refractivity (Wildman–Crippen MR) is 77.8 cm³/mol. The average Bonchev–Trinajstić information content (AvgIpc) is 3.00. The van der Waals surface area contributed by atoms with Crippen molar-refractivity contribution in [2.75, 3.05) is 12.8 Å². The van der Waals surface area contributed by atoms with Crippen molar-refractivity contribution in [2.24, 2.45) is 0 Å². The average molecular weight is 283 g/mol. The second-order valence-electron chi connectivity index (χ2n) is 4.40. The SMILES string of the molecule is COc1ccc(-c2noc(-c3cccc(N)c3O)n2)cc1. The Morgan fingerprint density at radius 2 is 1.90 bits per heavy atom. The zero-order chi connectivity index (χ0) is 14.8. The molecule has 0 unspecified atom stereocenters. The van der Waals surface area contributed by atoms with Gasteiger partial charge in [0.25, 0.3) is 5.89 Å². The summed E-state index contributed by atoms with van der Waals surface area (Å²) in [5.74, 6) is 1.32. The first-order valence-electron chi connectivity index (χ1n) is 6.25. The number of benzene rings is 2. The molecule has 0 aliphatic rings. The fourth-order valence-electron chi connectivity index (χ4n) is 1.92. The minimum atomic E-state index is -0.0672. The number of ether oxygens (including phenoxy) is 1. The lowest BCUT2D eigenvalue weighted by atomic mass is 10.1. The van der Waals surface area contributed by atoms with E-state index >= 15 is 0 Å². The zero-order valence-electron chi connectivity index (χ0n) is 11.3. The molecule has 3 aromatic rings. The van der Waals surface area contributed by atoms with E-state index in [1.165, 1.54) is 0 Å². The van der Waals surface area contributed by atoms with Gasteiger partial charge in [-0.2, -0.15) is 4.98 Å². The van der Waals surface area contributed by atoms with Gasteiger partial charge < -0.3 is 20.1 Å². The maximum atomic E-state index is 9.93. The van der Waals surface area contributed by atoms with Crippen LogP contribution in [0, 0.1) is 0 Å². The first-order valence-corrected chi connectivity index (χ1v) is 6.25. The number of hydrogen-bond acceptors (Lipinski definition) is 6. The molecular formula is C15H13N3O3. The minimum Gasteiger partial charge on any atom is -0.505 e. The van der Waals surface area contributed by atoms with E-state index in [1.54, 1.807) is 25.3 Å². The van der Waals surface area contributed by atoms with E-state index in [-0.39, 0.29) is 17.3 Å². The number of anilines is 1. The van der Waals surface area contributed by atoms with Crippen LogP contribution in [0.2, 0.25) is 0 Å². The van der Waals surface area contributed by atoms with Gasteiger partial charge in [0, 0.05) is 5.56 Å². The van der Waals surface area contributed by atoms with E-state index in [2.05, 4.69) is 10.1 Å². The van der Waals surface area contributed by atoms with Gasteiger partial charge in [0.1, 0.15) is 5.75 Å². The Balaban J connectivity index is 1.97. The lowest BCUT2D eigenvalue weighted by Gasteiger charge is -2.01. The Labute approximate surface area is 120 Å². The number of nitrogen functional groups attached to an aromatic ring is 1. The topological polar surface area (TPSA) is 94.4 Å². The summed E-state index contributed by atoms with van der Waals surface area (Å²) in [4.78, 5) is 4.27. The van der Waals surface area contributed by atoms with Gasteiger partial charge in [0.05, 0.1) is 18.4 Å². The van der Waals surface area contributed by atoms with Gasteiger partial charge in [-0.1, -0.05) is 11.2 Å². The van der Waals surface area contributed by atoms with Crippen molar-refractivity contribution in [1.82, 2.24) is 10.1 Å². The van der Waals surface area contributed by atoms with Crippen molar-refractivity contribution in [3.8, 4) is 34.3 Å². The first-order chi connectivity index (χ1) is 10.2. The number of phenolic OH excluding ortho intramolecular Hbond substituents is 1. The molecular weight excluding hydrogens is 270 g/mol. The van der Waals surface area contributed by atoms with Crippen LogP contribution < -0.4 is 10.5 Å². The number of aromatic hydroxyl groups is 1. The van der Waals surface area contributed by atoms with Crippen LogP contribution >= 0.6 is 0 Å². The molecule has 0 atom stereocenters. The summed E-state index contributed by atoms with van der Waals surface area (Å²) in [6.07, 6.45) is 0. The molecule has 0 saturated carbocycles. The molecule has 0 saturated heterocycles. The summed E-state index contributed by atoms with van der Waals surface area (Å²) < 4.78 is 10.3. The van der Waals surface area contributed by atoms with Gasteiger partial charge >= 0.3 is 0 Å². The van der Waals surface area contributed by atoms with E-state index in [4.69, 9.17) is 15.0 Å². The van der Waals surface area contributed by atoms with Gasteiger partial charge in [0.15, 0.2) is 5.75 Å². The number of methoxy groups -OCH3 is 1. The highest BCUT2D eigenvalue weighted by Gasteiger charge is 2.15. The lowest BCUT2D eigenvalue weighted by Crippen LogP contribution is -1.88. The van der Waals surface area contributed by atoms with Crippen LogP contribution in [0.25, 0.3) is 22.8 Å². The number of nitrogens with zero attached hydrogens (tertiary/aromatic N) is 2. The van der Waals surface area contributed by atoms with Crippen molar-refractivity contribution in [2.45, 2.75) is 0 Å². The molecule has 0 aliphatic carbocycles. The van der Waals surface area contributed by atoms with Crippen LogP contribution in [0.5, 0.6) is 11.5 Å². The molecule has 1 heterocycles. The third kappa shape index (κ3) is 2.38. The molecule has 6 heteroatoms. The summed E-state index contributed by atoms with van der Waals surface area (Å²) in [5, 5.41) is 13.8. The minimum absolute atomic E-state index is 0.0672. The third-order valence-electron chi connectivity index (χ3n) is 3.07. The second-order valence-corrected chi connectivity index (χ2v) is 4.40. The second kappa shape index (κ2) is 5.16. The highest BCUT2D eigenvalue weighted by atomic mass is 16.5. The van der Waals surface area contributed by atoms with Crippen molar-refractivity contribution in [1.29, 1.82) is 0 Å². The summed E-state index contributed by atoms with van der Waals surface area (Å²) in [5.41, 5.74) is 7.11. The maximum absolute atomic E-state index is 9.93. The molecule has 0 radical (unpaired) electrons. The molecule has 0 aliphatic heterocycles. The fourth-order valence-corrected chi connectivity index (χ4v) is 1.92. The van der Waals surface area contributed by atoms with Crippen LogP contribution in [0.1, 0.15) is 0 Å². The number of hydrogen-bond donors (Lipinski definition) is 2. The smallest absolute Gasteiger partial charge is 0.262 e. The molecule has 3 N–H and O–H groups in total. The molecule has 106 valence electrons. The van der Waals surface area contributed by atoms with E-state index in [9.17, 15) is 5.11 Å². The molecule has 0 bridgehead atoms. The van der Waals surface area contributed by atoms with Crippen molar-refractivity contribution in [3.05, 3.63) is 42.5 Å². The summed E-state index contributed by atoms with van der Waals surface area (Å²) in [7, 11) is 1.60. The monoisotopic (exact) mass is 283 g/mol. The van der Waals surface area contributed by atoms with Crippen molar-refractivity contribution >= 4 is 5.69 Å². The normalized spacial score (nSPS) is 10.5. The number of phenols is 1. The maximum Gasteiger partial charge on any atom is 0.262 e. The highest BCUT2D eigenvalue weighted by Crippen LogP contribution is 2.33. The summed E-state index contributed by atoms with van der Waals surface area (Å²) >= 11 is 0. The van der Waals surface area contributed by atoms with E-state index in [0.717, 1.165) is 11.3 Å². The van der Waals surface area contributed by atoms with Gasteiger partial charge in [0.2, 0.25) is 5.82 Å². The molecule has 0 fully saturated rings. The largest absolute Gasteiger partial charge is 0.505 e. The molecule has 21 heavy (non-hydrogen) atoms. The van der Waals surface area contributed by atoms with Gasteiger partial charge in [-0.15, -0.1) is 0 Å². The van der Waals surface area contributed by atoms with E-state index in [1.807, 2.05) is 24.3 Å². The lowest BCUT2D eigenvalue weighted by molar-refractivity contribution is 0.414. The number of aromatic nitrogens is 2. The zero-order valence-corrected chi connectivity index (χ0v) is 11.3. The van der Waals surface area contributed by atoms with Gasteiger partial charge in [-0.05, 0) is 36.4 Å².